The molecule has 0 bridgehead atoms. The largest absolute Gasteiger partial charge is 0.508 e. The molecule has 0 aromatic heterocycles. The van der Waals surface area contributed by atoms with Gasteiger partial charge in [-0.15, -0.1) is 0 Å². The van der Waals surface area contributed by atoms with Crippen LogP contribution in [-0.4, -0.2) is 36.7 Å². The summed E-state index contributed by atoms with van der Waals surface area (Å²) in [6.07, 6.45) is 0. The summed E-state index contributed by atoms with van der Waals surface area (Å²) >= 11 is 0. The fourth-order valence-electron chi connectivity index (χ4n) is 2.00. The maximum absolute atomic E-state index is 9.82. The van der Waals surface area contributed by atoms with E-state index in [4.69, 9.17) is 0 Å². The Kier molecular flexibility index (Phi) is 5.63. The van der Waals surface area contributed by atoms with Gasteiger partial charge in [-0.3, -0.25) is 0 Å². The van der Waals surface area contributed by atoms with Crippen LogP contribution in [0.4, 0.5) is 0 Å². The first-order chi connectivity index (χ1) is 8.40. The molecule has 1 unspecified atom stereocenters. The molecule has 1 aromatic rings. The Morgan fingerprint density at radius 3 is 2.50 bits per heavy atom. The second-order valence-corrected chi connectivity index (χ2v) is 5.63. The van der Waals surface area contributed by atoms with Crippen molar-refractivity contribution in [1.29, 1.82) is 0 Å². The molecule has 0 saturated heterocycles. The van der Waals surface area contributed by atoms with Crippen molar-refractivity contribution in [3.63, 3.8) is 0 Å². The molecular weight excluding hydrogens is 224 g/mol. The first kappa shape index (κ1) is 15.0. The molecule has 3 nitrogen and oxygen atoms in total. The molecule has 0 aliphatic carbocycles. The van der Waals surface area contributed by atoms with Crippen molar-refractivity contribution in [1.82, 2.24) is 10.2 Å². The van der Waals surface area contributed by atoms with Gasteiger partial charge in [-0.05, 0) is 33.0 Å². The third-order valence-corrected chi connectivity index (χ3v) is 3.16. The first-order valence-electron chi connectivity index (χ1n) is 6.56. The molecule has 3 heteroatoms. The normalized spacial score (nSPS) is 13.3. The van der Waals surface area contributed by atoms with Gasteiger partial charge in [-0.2, -0.15) is 0 Å². The SMILES string of the molecule is Cc1ccc(O)c(CNC(CN(C)C)C(C)C)c1. The fraction of sp³-hybridized carbons (Fsp3) is 0.600. The van der Waals surface area contributed by atoms with E-state index in [-0.39, 0.29) is 0 Å². The highest BCUT2D eigenvalue weighted by Gasteiger charge is 2.14. The lowest BCUT2D eigenvalue weighted by Crippen LogP contribution is -2.41. The zero-order valence-electron chi connectivity index (χ0n) is 12.2. The molecule has 0 saturated carbocycles. The van der Waals surface area contributed by atoms with Crippen LogP contribution >= 0.6 is 0 Å². The number of nitrogens with one attached hydrogen (secondary N) is 1. The van der Waals surface area contributed by atoms with Gasteiger partial charge in [-0.1, -0.05) is 31.5 Å². The van der Waals surface area contributed by atoms with Gasteiger partial charge in [0.15, 0.2) is 0 Å². The summed E-state index contributed by atoms with van der Waals surface area (Å²) < 4.78 is 0. The number of aryl methyl sites for hydroxylation is 1. The van der Waals surface area contributed by atoms with Crippen molar-refractivity contribution in [3.8, 4) is 5.75 Å². The van der Waals surface area contributed by atoms with Crippen LogP contribution in [0.1, 0.15) is 25.0 Å². The Bertz CT molecular complexity index is 375. The monoisotopic (exact) mass is 250 g/mol. The number of likely N-dealkylation sites (N-methyl/N-ethyl adjacent to an activating group) is 1. The molecule has 0 heterocycles. The van der Waals surface area contributed by atoms with Crippen LogP contribution in [0.15, 0.2) is 18.2 Å². The molecule has 102 valence electrons. The summed E-state index contributed by atoms with van der Waals surface area (Å²) in [5, 5.41) is 13.4. The first-order valence-corrected chi connectivity index (χ1v) is 6.56. The summed E-state index contributed by atoms with van der Waals surface area (Å²) in [6, 6.07) is 6.16. The minimum absolute atomic E-state index is 0.375. The van der Waals surface area contributed by atoms with E-state index in [9.17, 15) is 5.11 Å². The quantitative estimate of drug-likeness (QED) is 0.813. The van der Waals surface area contributed by atoms with Crippen molar-refractivity contribution >= 4 is 0 Å². The van der Waals surface area contributed by atoms with Gasteiger partial charge in [0, 0.05) is 24.7 Å². The minimum atomic E-state index is 0.375. The van der Waals surface area contributed by atoms with Crippen molar-refractivity contribution in [3.05, 3.63) is 29.3 Å². The van der Waals surface area contributed by atoms with Crippen LogP contribution < -0.4 is 5.32 Å². The van der Waals surface area contributed by atoms with E-state index >= 15 is 0 Å². The second kappa shape index (κ2) is 6.76. The summed E-state index contributed by atoms with van der Waals surface area (Å²) in [6.45, 7) is 8.20. The van der Waals surface area contributed by atoms with Gasteiger partial charge in [-0.25, -0.2) is 0 Å². The summed E-state index contributed by atoms with van der Waals surface area (Å²) in [7, 11) is 4.17. The van der Waals surface area contributed by atoms with Crippen molar-refractivity contribution in [2.45, 2.75) is 33.4 Å². The number of hydrogen-bond donors (Lipinski definition) is 2. The van der Waals surface area contributed by atoms with Crippen LogP contribution in [0, 0.1) is 12.8 Å². The molecule has 0 aliphatic heterocycles. The van der Waals surface area contributed by atoms with Crippen LogP contribution in [0.3, 0.4) is 0 Å². The molecule has 0 radical (unpaired) electrons. The van der Waals surface area contributed by atoms with E-state index < -0.39 is 0 Å². The molecule has 2 N–H and O–H groups in total. The number of benzene rings is 1. The lowest BCUT2D eigenvalue weighted by molar-refractivity contribution is 0.287. The van der Waals surface area contributed by atoms with Crippen molar-refractivity contribution < 1.29 is 5.11 Å². The Balaban J connectivity index is 2.63. The number of phenolic OH excluding ortho intramolecular Hbond substituents is 1. The van der Waals surface area contributed by atoms with Crippen LogP contribution in [0.25, 0.3) is 0 Å². The highest BCUT2D eigenvalue weighted by atomic mass is 16.3. The van der Waals surface area contributed by atoms with E-state index in [2.05, 4.69) is 38.2 Å². The van der Waals surface area contributed by atoms with Crippen molar-refractivity contribution in [2.24, 2.45) is 5.92 Å². The van der Waals surface area contributed by atoms with Gasteiger partial charge in [0.25, 0.3) is 0 Å². The number of hydrogen-bond acceptors (Lipinski definition) is 3. The fourth-order valence-corrected chi connectivity index (χ4v) is 2.00. The predicted octanol–water partition coefficient (Wildman–Crippen LogP) is 2.38. The Morgan fingerprint density at radius 2 is 1.94 bits per heavy atom. The Hall–Kier alpha value is -1.06. The topological polar surface area (TPSA) is 35.5 Å². The molecule has 0 aliphatic rings. The van der Waals surface area contributed by atoms with Crippen molar-refractivity contribution in [2.75, 3.05) is 20.6 Å². The average Bonchev–Trinajstić information content (AvgIpc) is 2.27. The lowest BCUT2D eigenvalue weighted by Gasteiger charge is -2.26. The van der Waals surface area contributed by atoms with Gasteiger partial charge >= 0.3 is 0 Å². The Morgan fingerprint density at radius 1 is 1.28 bits per heavy atom. The van der Waals surface area contributed by atoms with E-state index in [0.717, 1.165) is 12.1 Å². The summed E-state index contributed by atoms with van der Waals surface area (Å²) in [5.41, 5.74) is 2.15. The molecule has 1 atom stereocenters. The van der Waals surface area contributed by atoms with Gasteiger partial charge in [0.2, 0.25) is 0 Å². The van der Waals surface area contributed by atoms with E-state index in [1.165, 1.54) is 5.56 Å². The molecule has 0 spiro atoms. The average molecular weight is 250 g/mol. The predicted molar refractivity (Wildman–Crippen MR) is 76.9 cm³/mol. The number of rotatable bonds is 6. The summed E-state index contributed by atoms with van der Waals surface area (Å²) in [4.78, 5) is 2.19. The highest BCUT2D eigenvalue weighted by molar-refractivity contribution is 5.35. The van der Waals surface area contributed by atoms with Gasteiger partial charge in [0.05, 0.1) is 0 Å². The standard InChI is InChI=1S/C15H26N2O/c1-11(2)14(10-17(4)5)16-9-13-8-12(3)6-7-15(13)18/h6-8,11,14,16,18H,9-10H2,1-5H3. The van der Waals surface area contributed by atoms with Gasteiger partial charge in [0.1, 0.15) is 5.75 Å². The molecule has 18 heavy (non-hydrogen) atoms. The number of aromatic hydroxyl groups is 1. The van der Waals surface area contributed by atoms with E-state index in [1.54, 1.807) is 6.07 Å². The second-order valence-electron chi connectivity index (χ2n) is 5.63. The van der Waals surface area contributed by atoms with Crippen LogP contribution in [0.5, 0.6) is 5.75 Å². The maximum atomic E-state index is 9.82. The molecule has 1 rings (SSSR count). The zero-order valence-corrected chi connectivity index (χ0v) is 12.2. The minimum Gasteiger partial charge on any atom is -0.508 e. The number of nitrogens with zero attached hydrogens (tertiary/aromatic N) is 1. The zero-order chi connectivity index (χ0) is 13.7. The van der Waals surface area contributed by atoms with Crippen LogP contribution in [0.2, 0.25) is 0 Å². The van der Waals surface area contributed by atoms with Crippen LogP contribution in [-0.2, 0) is 6.54 Å². The Labute approximate surface area is 111 Å². The molecule has 0 amide bonds. The lowest BCUT2D eigenvalue weighted by atomic mass is 10.0. The molecule has 1 aromatic carbocycles. The third-order valence-electron chi connectivity index (χ3n) is 3.16. The smallest absolute Gasteiger partial charge is 0.120 e. The number of phenols is 1. The van der Waals surface area contributed by atoms with E-state index in [0.29, 0.717) is 24.3 Å². The molecular formula is C15H26N2O. The highest BCUT2D eigenvalue weighted by Crippen LogP contribution is 2.18. The maximum Gasteiger partial charge on any atom is 0.120 e. The van der Waals surface area contributed by atoms with Gasteiger partial charge < -0.3 is 15.3 Å². The molecule has 0 fully saturated rings. The van der Waals surface area contributed by atoms with E-state index in [1.807, 2.05) is 19.1 Å². The third kappa shape index (κ3) is 4.67. The summed E-state index contributed by atoms with van der Waals surface area (Å²) in [5.74, 6) is 0.944.